The number of hydrogen-bond donors (Lipinski definition) is 1. The summed E-state index contributed by atoms with van der Waals surface area (Å²) in [5, 5.41) is 11.6. The van der Waals surface area contributed by atoms with Crippen molar-refractivity contribution in [2.45, 2.75) is 19.5 Å². The lowest BCUT2D eigenvalue weighted by Crippen LogP contribution is -2.06. The predicted molar refractivity (Wildman–Crippen MR) is 61.9 cm³/mol. The van der Waals surface area contributed by atoms with Crippen LogP contribution in [0.15, 0.2) is 24.7 Å². The Hall–Kier alpha value is -1.62. The van der Waals surface area contributed by atoms with Crippen LogP contribution >= 0.6 is 0 Å². The third kappa shape index (κ3) is 2.49. The van der Waals surface area contributed by atoms with Gasteiger partial charge in [-0.25, -0.2) is 0 Å². The van der Waals surface area contributed by atoms with Crippen LogP contribution in [0.1, 0.15) is 11.3 Å². The number of rotatable bonds is 5. The van der Waals surface area contributed by atoms with E-state index in [1.54, 1.807) is 0 Å². The van der Waals surface area contributed by atoms with E-state index in [0.29, 0.717) is 0 Å². The van der Waals surface area contributed by atoms with E-state index in [4.69, 9.17) is 0 Å². The standard InChI is InChI=1S/C11H17N5/c1-12-7-10-8-14-16(9-10)6-4-11-3-5-13-15(11)2/h3,5,8-9,12H,4,6-7H2,1-2H3. The zero-order chi connectivity index (χ0) is 11.4. The van der Waals surface area contributed by atoms with Crippen molar-refractivity contribution in [2.75, 3.05) is 7.05 Å². The van der Waals surface area contributed by atoms with Gasteiger partial charge in [0.2, 0.25) is 0 Å². The Morgan fingerprint density at radius 3 is 2.94 bits per heavy atom. The molecule has 0 radical (unpaired) electrons. The highest BCUT2D eigenvalue weighted by molar-refractivity contribution is 5.04. The van der Waals surface area contributed by atoms with Crippen molar-refractivity contribution < 1.29 is 0 Å². The monoisotopic (exact) mass is 219 g/mol. The maximum absolute atomic E-state index is 4.31. The topological polar surface area (TPSA) is 47.7 Å². The van der Waals surface area contributed by atoms with Crippen LogP contribution in [0.25, 0.3) is 0 Å². The van der Waals surface area contributed by atoms with E-state index in [2.05, 4.69) is 21.7 Å². The van der Waals surface area contributed by atoms with Crippen molar-refractivity contribution in [3.8, 4) is 0 Å². The minimum absolute atomic E-state index is 0.867. The van der Waals surface area contributed by atoms with E-state index in [1.807, 2.05) is 41.9 Å². The van der Waals surface area contributed by atoms with E-state index in [9.17, 15) is 0 Å². The molecular weight excluding hydrogens is 202 g/mol. The van der Waals surface area contributed by atoms with Gasteiger partial charge in [-0.1, -0.05) is 0 Å². The van der Waals surface area contributed by atoms with Gasteiger partial charge in [-0.05, 0) is 13.1 Å². The average molecular weight is 219 g/mol. The van der Waals surface area contributed by atoms with Crippen LogP contribution in [-0.4, -0.2) is 26.6 Å². The minimum Gasteiger partial charge on any atom is -0.316 e. The second kappa shape index (κ2) is 4.94. The summed E-state index contributed by atoms with van der Waals surface area (Å²) in [5.41, 5.74) is 2.44. The summed E-state index contributed by atoms with van der Waals surface area (Å²) in [6, 6.07) is 2.04. The molecule has 2 heterocycles. The SMILES string of the molecule is CNCc1cnn(CCc2ccnn2C)c1. The number of nitrogens with zero attached hydrogens (tertiary/aromatic N) is 4. The van der Waals surface area contributed by atoms with Gasteiger partial charge in [0.25, 0.3) is 0 Å². The van der Waals surface area contributed by atoms with Crippen LogP contribution in [-0.2, 0) is 26.6 Å². The molecule has 0 amide bonds. The normalized spacial score (nSPS) is 10.9. The molecule has 0 atom stereocenters. The van der Waals surface area contributed by atoms with Crippen molar-refractivity contribution in [1.29, 1.82) is 0 Å². The van der Waals surface area contributed by atoms with Gasteiger partial charge in [-0.2, -0.15) is 10.2 Å². The number of nitrogens with one attached hydrogen (secondary N) is 1. The van der Waals surface area contributed by atoms with Crippen LogP contribution < -0.4 is 5.32 Å². The first-order valence-corrected chi connectivity index (χ1v) is 5.42. The first-order valence-electron chi connectivity index (χ1n) is 5.42. The van der Waals surface area contributed by atoms with Gasteiger partial charge < -0.3 is 5.32 Å². The molecule has 0 fully saturated rings. The lowest BCUT2D eigenvalue weighted by molar-refractivity contribution is 0.585. The maximum atomic E-state index is 4.31. The Balaban J connectivity index is 1.92. The molecule has 0 bridgehead atoms. The number of hydrogen-bond acceptors (Lipinski definition) is 3. The molecule has 0 aliphatic rings. The summed E-state index contributed by atoms with van der Waals surface area (Å²) in [7, 11) is 3.90. The van der Waals surface area contributed by atoms with E-state index in [0.717, 1.165) is 19.5 Å². The molecule has 16 heavy (non-hydrogen) atoms. The molecule has 86 valence electrons. The highest BCUT2D eigenvalue weighted by atomic mass is 15.3. The van der Waals surface area contributed by atoms with Crippen LogP contribution in [0.2, 0.25) is 0 Å². The summed E-state index contributed by atoms with van der Waals surface area (Å²) in [5.74, 6) is 0. The summed E-state index contributed by atoms with van der Waals surface area (Å²) in [6.45, 7) is 1.76. The van der Waals surface area contributed by atoms with Gasteiger partial charge in [-0.3, -0.25) is 9.36 Å². The fraction of sp³-hybridized carbons (Fsp3) is 0.455. The lowest BCUT2D eigenvalue weighted by Gasteiger charge is -2.02. The Kier molecular flexibility index (Phi) is 3.36. The van der Waals surface area contributed by atoms with Crippen molar-refractivity contribution in [3.05, 3.63) is 35.9 Å². The summed E-state index contributed by atoms with van der Waals surface area (Å²) in [6.07, 6.45) is 6.76. The first kappa shape index (κ1) is 10.9. The smallest absolute Gasteiger partial charge is 0.0534 e. The molecule has 2 aromatic heterocycles. The Morgan fingerprint density at radius 2 is 2.25 bits per heavy atom. The number of aryl methyl sites for hydroxylation is 3. The third-order valence-corrected chi connectivity index (χ3v) is 2.59. The second-order valence-corrected chi connectivity index (χ2v) is 3.84. The molecule has 0 saturated heterocycles. The summed E-state index contributed by atoms with van der Waals surface area (Å²) >= 11 is 0. The molecule has 0 unspecified atom stereocenters. The Bertz CT molecular complexity index is 443. The lowest BCUT2D eigenvalue weighted by atomic mass is 10.3. The van der Waals surface area contributed by atoms with Crippen LogP contribution in [0.3, 0.4) is 0 Å². The zero-order valence-electron chi connectivity index (χ0n) is 9.72. The molecule has 5 heteroatoms. The molecule has 0 spiro atoms. The second-order valence-electron chi connectivity index (χ2n) is 3.84. The fourth-order valence-electron chi connectivity index (χ4n) is 1.70. The van der Waals surface area contributed by atoms with E-state index >= 15 is 0 Å². The highest BCUT2D eigenvalue weighted by Crippen LogP contribution is 2.02. The average Bonchev–Trinajstić information content (AvgIpc) is 2.86. The van der Waals surface area contributed by atoms with E-state index in [-0.39, 0.29) is 0 Å². The largest absolute Gasteiger partial charge is 0.316 e. The summed E-state index contributed by atoms with van der Waals surface area (Å²) in [4.78, 5) is 0. The third-order valence-electron chi connectivity index (χ3n) is 2.59. The van der Waals surface area contributed by atoms with Crippen molar-refractivity contribution >= 4 is 0 Å². The molecule has 5 nitrogen and oxygen atoms in total. The molecule has 0 aliphatic heterocycles. The van der Waals surface area contributed by atoms with Gasteiger partial charge in [0.1, 0.15) is 0 Å². The van der Waals surface area contributed by atoms with Gasteiger partial charge in [0.05, 0.1) is 6.20 Å². The highest BCUT2D eigenvalue weighted by Gasteiger charge is 2.01. The Morgan fingerprint density at radius 1 is 1.38 bits per heavy atom. The molecule has 1 N–H and O–H groups in total. The Labute approximate surface area is 95.1 Å². The quantitative estimate of drug-likeness (QED) is 0.800. The maximum Gasteiger partial charge on any atom is 0.0534 e. The summed E-state index contributed by atoms with van der Waals surface area (Å²) < 4.78 is 3.87. The molecule has 2 rings (SSSR count). The fourth-order valence-corrected chi connectivity index (χ4v) is 1.70. The van der Waals surface area contributed by atoms with E-state index in [1.165, 1.54) is 11.3 Å². The van der Waals surface area contributed by atoms with Crippen molar-refractivity contribution in [2.24, 2.45) is 7.05 Å². The van der Waals surface area contributed by atoms with Crippen molar-refractivity contribution in [1.82, 2.24) is 24.9 Å². The number of aromatic nitrogens is 4. The molecule has 0 aliphatic carbocycles. The predicted octanol–water partition coefficient (Wildman–Crippen LogP) is 0.579. The van der Waals surface area contributed by atoms with Gasteiger partial charge in [0.15, 0.2) is 0 Å². The van der Waals surface area contributed by atoms with Gasteiger partial charge in [-0.15, -0.1) is 0 Å². The van der Waals surface area contributed by atoms with Gasteiger partial charge in [0, 0.05) is 50.2 Å². The van der Waals surface area contributed by atoms with Gasteiger partial charge >= 0.3 is 0 Å². The van der Waals surface area contributed by atoms with Crippen molar-refractivity contribution in [3.63, 3.8) is 0 Å². The molecule has 2 aromatic rings. The first-order chi connectivity index (χ1) is 7.79. The molecule has 0 saturated carbocycles. The van der Waals surface area contributed by atoms with E-state index < -0.39 is 0 Å². The van der Waals surface area contributed by atoms with Crippen LogP contribution in [0, 0.1) is 0 Å². The van der Waals surface area contributed by atoms with Crippen LogP contribution in [0.5, 0.6) is 0 Å². The molecule has 0 aromatic carbocycles. The molecular formula is C11H17N5. The van der Waals surface area contributed by atoms with Crippen LogP contribution in [0.4, 0.5) is 0 Å². The minimum atomic E-state index is 0.867. The zero-order valence-corrected chi connectivity index (χ0v) is 9.72.